The number of nitrogens with one attached hydrogen (secondary N) is 1. The molecule has 1 N–H and O–H groups in total. The van der Waals surface area contributed by atoms with Crippen molar-refractivity contribution in [2.75, 3.05) is 6.54 Å². The summed E-state index contributed by atoms with van der Waals surface area (Å²) < 4.78 is 26.9. The summed E-state index contributed by atoms with van der Waals surface area (Å²) in [6.45, 7) is 0.364. The van der Waals surface area contributed by atoms with E-state index in [9.17, 15) is 8.42 Å². The fraction of sp³-hybridized carbons (Fsp3) is 0.133. The molecule has 0 aliphatic heterocycles. The minimum atomic E-state index is -3.45. The predicted molar refractivity (Wildman–Crippen MR) is 88.0 cm³/mol. The Bertz CT molecular complexity index is 715. The van der Waals surface area contributed by atoms with Gasteiger partial charge in [0.1, 0.15) is 4.60 Å². The van der Waals surface area contributed by atoms with Crippen LogP contribution in [0.25, 0.3) is 6.08 Å². The minimum absolute atomic E-state index is 0.364. The standard InChI is InChI=1S/C15H15BrN2O2S/c16-15-8-4-7-14(18-15)10-12-21(19,20)17-11-9-13-5-2-1-3-6-13/h1-8,10,12,17H,9,11H2. The molecule has 0 aliphatic carbocycles. The van der Waals surface area contributed by atoms with Crippen molar-refractivity contribution in [3.8, 4) is 0 Å². The lowest BCUT2D eigenvalue weighted by Gasteiger charge is -2.03. The van der Waals surface area contributed by atoms with Gasteiger partial charge in [0.2, 0.25) is 10.0 Å². The molecule has 0 spiro atoms. The maximum Gasteiger partial charge on any atom is 0.233 e. The van der Waals surface area contributed by atoms with Crippen molar-refractivity contribution in [3.05, 3.63) is 69.8 Å². The van der Waals surface area contributed by atoms with Gasteiger partial charge in [-0.25, -0.2) is 18.1 Å². The Morgan fingerprint density at radius 1 is 1.10 bits per heavy atom. The SMILES string of the molecule is O=S(=O)(C=Cc1cccc(Br)n1)NCCc1ccccc1. The van der Waals surface area contributed by atoms with Gasteiger partial charge >= 0.3 is 0 Å². The first-order valence-corrected chi connectivity index (χ1v) is 8.73. The maximum atomic E-state index is 11.8. The molecular formula is C15H15BrN2O2S. The van der Waals surface area contributed by atoms with E-state index < -0.39 is 10.0 Å². The number of halogens is 1. The second kappa shape index (κ2) is 7.49. The summed E-state index contributed by atoms with van der Waals surface area (Å²) in [5, 5.41) is 1.13. The molecule has 110 valence electrons. The first-order chi connectivity index (χ1) is 10.1. The Hall–Kier alpha value is -1.50. The summed E-state index contributed by atoms with van der Waals surface area (Å²) in [7, 11) is -3.45. The third-order valence-electron chi connectivity index (χ3n) is 2.71. The lowest BCUT2D eigenvalue weighted by molar-refractivity contribution is 0.591. The van der Waals surface area contributed by atoms with Crippen LogP contribution in [0, 0.1) is 0 Å². The van der Waals surface area contributed by atoms with Crippen molar-refractivity contribution < 1.29 is 8.42 Å². The Labute approximate surface area is 133 Å². The van der Waals surface area contributed by atoms with Crippen LogP contribution in [0.3, 0.4) is 0 Å². The van der Waals surface area contributed by atoms with Crippen LogP contribution in [-0.2, 0) is 16.4 Å². The highest BCUT2D eigenvalue weighted by molar-refractivity contribution is 9.10. The molecule has 1 aromatic heterocycles. The van der Waals surface area contributed by atoms with Gasteiger partial charge < -0.3 is 0 Å². The molecule has 4 nitrogen and oxygen atoms in total. The van der Waals surface area contributed by atoms with Gasteiger partial charge in [-0.15, -0.1) is 0 Å². The quantitative estimate of drug-likeness (QED) is 0.799. The van der Waals surface area contributed by atoms with Gasteiger partial charge in [-0.2, -0.15) is 0 Å². The number of benzene rings is 1. The summed E-state index contributed by atoms with van der Waals surface area (Å²) in [6.07, 6.45) is 2.12. The van der Waals surface area contributed by atoms with Crippen LogP contribution in [-0.4, -0.2) is 19.9 Å². The molecule has 2 aromatic rings. The lowest BCUT2D eigenvalue weighted by Crippen LogP contribution is -2.23. The summed E-state index contributed by atoms with van der Waals surface area (Å²) >= 11 is 3.24. The zero-order chi connectivity index (χ0) is 15.1. The molecule has 0 bridgehead atoms. The van der Waals surface area contributed by atoms with E-state index in [1.165, 1.54) is 6.08 Å². The fourth-order valence-corrected chi connectivity index (χ4v) is 2.87. The minimum Gasteiger partial charge on any atom is -0.242 e. The van der Waals surface area contributed by atoms with E-state index in [-0.39, 0.29) is 0 Å². The molecule has 0 aliphatic rings. The van der Waals surface area contributed by atoms with Crippen LogP contribution in [0.1, 0.15) is 11.3 Å². The second-order valence-electron chi connectivity index (χ2n) is 4.36. The zero-order valence-electron chi connectivity index (χ0n) is 11.2. The summed E-state index contributed by atoms with van der Waals surface area (Å²) in [5.41, 5.74) is 1.68. The van der Waals surface area contributed by atoms with E-state index in [1.807, 2.05) is 30.3 Å². The Balaban J connectivity index is 1.90. The van der Waals surface area contributed by atoms with Crippen molar-refractivity contribution in [2.45, 2.75) is 6.42 Å². The van der Waals surface area contributed by atoms with Crippen LogP contribution in [0.2, 0.25) is 0 Å². The summed E-state index contributed by atoms with van der Waals surface area (Å²) in [6, 6.07) is 15.1. The van der Waals surface area contributed by atoms with Gasteiger partial charge in [0.05, 0.1) is 5.69 Å². The van der Waals surface area contributed by atoms with E-state index in [4.69, 9.17) is 0 Å². The molecule has 0 saturated carbocycles. The van der Waals surface area contributed by atoms with E-state index in [0.29, 0.717) is 23.3 Å². The van der Waals surface area contributed by atoms with Gasteiger partial charge in [-0.1, -0.05) is 36.4 Å². The van der Waals surface area contributed by atoms with Crippen molar-refractivity contribution in [3.63, 3.8) is 0 Å². The third-order valence-corrected chi connectivity index (χ3v) is 4.26. The number of hydrogen-bond donors (Lipinski definition) is 1. The Kier molecular flexibility index (Phi) is 5.67. The van der Waals surface area contributed by atoms with Crippen molar-refractivity contribution >= 4 is 32.0 Å². The van der Waals surface area contributed by atoms with Gasteiger partial charge in [0.15, 0.2) is 0 Å². The van der Waals surface area contributed by atoms with Crippen molar-refractivity contribution in [2.24, 2.45) is 0 Å². The molecule has 0 radical (unpaired) electrons. The first kappa shape index (κ1) is 15.9. The highest BCUT2D eigenvalue weighted by Crippen LogP contribution is 2.08. The van der Waals surface area contributed by atoms with Gasteiger partial charge in [0.25, 0.3) is 0 Å². The smallest absolute Gasteiger partial charge is 0.233 e. The largest absolute Gasteiger partial charge is 0.242 e. The maximum absolute atomic E-state index is 11.8. The highest BCUT2D eigenvalue weighted by Gasteiger charge is 2.04. The summed E-state index contributed by atoms with van der Waals surface area (Å²) in [5.74, 6) is 0. The average Bonchev–Trinajstić information content (AvgIpc) is 2.46. The van der Waals surface area contributed by atoms with Crippen molar-refractivity contribution in [1.29, 1.82) is 0 Å². The third kappa shape index (κ3) is 5.79. The van der Waals surface area contributed by atoms with E-state index in [1.54, 1.807) is 18.2 Å². The number of nitrogens with zero attached hydrogens (tertiary/aromatic N) is 1. The number of pyridine rings is 1. The van der Waals surface area contributed by atoms with Crippen LogP contribution >= 0.6 is 15.9 Å². The Morgan fingerprint density at radius 2 is 1.86 bits per heavy atom. The van der Waals surface area contributed by atoms with E-state index >= 15 is 0 Å². The molecule has 21 heavy (non-hydrogen) atoms. The van der Waals surface area contributed by atoms with Gasteiger partial charge in [0, 0.05) is 12.0 Å². The first-order valence-electron chi connectivity index (χ1n) is 6.39. The molecule has 1 heterocycles. The number of rotatable bonds is 6. The van der Waals surface area contributed by atoms with Crippen LogP contribution < -0.4 is 4.72 Å². The highest BCUT2D eigenvalue weighted by atomic mass is 79.9. The predicted octanol–water partition coefficient (Wildman–Crippen LogP) is 2.98. The molecule has 0 fully saturated rings. The molecular weight excluding hydrogens is 352 g/mol. The van der Waals surface area contributed by atoms with Crippen LogP contribution in [0.15, 0.2) is 58.5 Å². The molecule has 0 saturated heterocycles. The Morgan fingerprint density at radius 3 is 2.57 bits per heavy atom. The second-order valence-corrected chi connectivity index (χ2v) is 6.83. The molecule has 6 heteroatoms. The average molecular weight is 367 g/mol. The van der Waals surface area contributed by atoms with Crippen LogP contribution in [0.5, 0.6) is 0 Å². The van der Waals surface area contributed by atoms with E-state index in [2.05, 4.69) is 25.6 Å². The molecule has 0 atom stereocenters. The number of aromatic nitrogens is 1. The topological polar surface area (TPSA) is 59.1 Å². The van der Waals surface area contributed by atoms with Gasteiger partial charge in [-0.3, -0.25) is 0 Å². The molecule has 2 rings (SSSR count). The monoisotopic (exact) mass is 366 g/mol. The normalized spacial score (nSPS) is 11.9. The van der Waals surface area contributed by atoms with Crippen LogP contribution in [0.4, 0.5) is 0 Å². The fourth-order valence-electron chi connectivity index (χ4n) is 1.71. The molecule has 0 amide bonds. The zero-order valence-corrected chi connectivity index (χ0v) is 13.6. The van der Waals surface area contributed by atoms with E-state index in [0.717, 1.165) is 11.0 Å². The lowest BCUT2D eigenvalue weighted by atomic mass is 10.2. The summed E-state index contributed by atoms with van der Waals surface area (Å²) in [4.78, 5) is 4.14. The van der Waals surface area contributed by atoms with Crippen molar-refractivity contribution in [1.82, 2.24) is 9.71 Å². The molecule has 1 aromatic carbocycles. The number of hydrogen-bond acceptors (Lipinski definition) is 3. The number of sulfonamides is 1. The molecule has 0 unspecified atom stereocenters. The van der Waals surface area contributed by atoms with Gasteiger partial charge in [-0.05, 0) is 46.1 Å².